The normalized spacial score (nSPS) is 19.2. The van der Waals surface area contributed by atoms with Crippen molar-refractivity contribution < 1.29 is 18.6 Å². The summed E-state index contributed by atoms with van der Waals surface area (Å²) in [7, 11) is 0. The molecule has 3 amide bonds. The van der Waals surface area contributed by atoms with E-state index in [1.165, 1.54) is 35.5 Å². The molecule has 0 bridgehead atoms. The van der Waals surface area contributed by atoms with E-state index in [1.807, 2.05) is 17.5 Å². The van der Waals surface area contributed by atoms with Gasteiger partial charge in [0.25, 0.3) is 0 Å². The predicted octanol–water partition coefficient (Wildman–Crippen LogP) is 4.87. The van der Waals surface area contributed by atoms with Crippen molar-refractivity contribution in [2.75, 3.05) is 4.90 Å². The van der Waals surface area contributed by atoms with Gasteiger partial charge in [0.1, 0.15) is 12.3 Å². The molecule has 0 spiro atoms. The minimum absolute atomic E-state index is 0.0119. The molecule has 0 aromatic heterocycles. The fraction of sp³-hybridized carbons (Fsp3) is 0.261. The Bertz CT molecular complexity index is 1050. The summed E-state index contributed by atoms with van der Waals surface area (Å²) < 4.78 is 16.0. The summed E-state index contributed by atoms with van der Waals surface area (Å²) in [6.45, 7) is 6.76. The number of anilines is 1. The smallest absolute Gasteiger partial charge is 0.244 e. The predicted molar refractivity (Wildman–Crippen MR) is 114 cm³/mol. The number of amides is 3. The molecule has 4 rings (SSSR count). The maximum Gasteiger partial charge on any atom is 0.506 e. The van der Waals surface area contributed by atoms with Gasteiger partial charge in [-0.15, -0.1) is 16.7 Å². The van der Waals surface area contributed by atoms with Gasteiger partial charge < -0.3 is 0 Å². The van der Waals surface area contributed by atoms with Crippen LogP contribution in [0.15, 0.2) is 60.0 Å². The Morgan fingerprint density at radius 3 is 2.41 bits per heavy atom. The van der Waals surface area contributed by atoms with E-state index in [1.54, 1.807) is 16.7 Å². The van der Waals surface area contributed by atoms with Crippen LogP contribution in [0.2, 0.25) is 0 Å². The number of hydrogen-bond donors (Lipinski definition) is 0. The third-order valence-electron chi connectivity index (χ3n) is 5.15. The molecule has 2 heterocycles. The number of nitrogens with zero attached hydrogens (tertiary/aromatic N) is 2. The van der Waals surface area contributed by atoms with Crippen molar-refractivity contribution in [2.24, 2.45) is 0 Å². The molecule has 2 aliphatic rings. The number of carbonyl (C=O) groups is 2. The highest BCUT2D eigenvalue weighted by Gasteiger charge is 2.50. The number of allylic oxidation sites excluding steroid dienone is 1. The molecule has 0 saturated heterocycles. The molecule has 4 nitrogen and oxygen atoms in total. The molecule has 148 valence electrons. The first-order valence-electron chi connectivity index (χ1n) is 9.45. The lowest BCUT2D eigenvalue weighted by molar-refractivity contribution is -0.444. The minimum Gasteiger partial charge on any atom is -0.244 e. The van der Waals surface area contributed by atoms with Gasteiger partial charge in [-0.1, -0.05) is 57.2 Å². The fourth-order valence-electron chi connectivity index (χ4n) is 3.51. The number of benzene rings is 2. The van der Waals surface area contributed by atoms with Crippen molar-refractivity contribution in [2.45, 2.75) is 38.0 Å². The first kappa shape index (κ1) is 19.6. The first-order valence-corrected chi connectivity index (χ1v) is 10.4. The summed E-state index contributed by atoms with van der Waals surface area (Å²) in [5, 5.41) is 1.27. The SMILES string of the molecule is CC(C)(C)c1ccc(C[N+]2=C3C=CSC3C(=O)N(c3ccccc3F)C2=O)cc1. The van der Waals surface area contributed by atoms with Gasteiger partial charge in [-0.05, 0) is 40.2 Å². The van der Waals surface area contributed by atoms with Crippen molar-refractivity contribution in [3.05, 3.63) is 77.0 Å². The molecule has 2 aliphatic heterocycles. The quantitative estimate of drug-likeness (QED) is 0.679. The fourth-order valence-corrected chi connectivity index (χ4v) is 4.45. The van der Waals surface area contributed by atoms with Gasteiger partial charge in [0, 0.05) is 0 Å². The van der Waals surface area contributed by atoms with Crippen LogP contribution in [0.25, 0.3) is 0 Å². The molecule has 0 N–H and O–H groups in total. The van der Waals surface area contributed by atoms with Gasteiger partial charge in [-0.2, -0.15) is 9.37 Å². The number of carbonyl (C=O) groups excluding carboxylic acids is 2. The maximum atomic E-state index is 14.4. The van der Waals surface area contributed by atoms with E-state index in [0.29, 0.717) is 12.3 Å². The van der Waals surface area contributed by atoms with Crippen LogP contribution < -0.4 is 4.90 Å². The molecule has 0 saturated carbocycles. The second-order valence-electron chi connectivity index (χ2n) is 8.18. The van der Waals surface area contributed by atoms with E-state index in [-0.39, 0.29) is 11.1 Å². The largest absolute Gasteiger partial charge is 0.506 e. The number of halogens is 1. The van der Waals surface area contributed by atoms with Gasteiger partial charge in [-0.3, -0.25) is 0 Å². The number of fused-ring (bicyclic) bond motifs is 1. The van der Waals surface area contributed by atoms with Crippen molar-refractivity contribution in [1.29, 1.82) is 0 Å². The maximum absolute atomic E-state index is 14.4. The van der Waals surface area contributed by atoms with Gasteiger partial charge in [0.15, 0.2) is 16.8 Å². The highest BCUT2D eigenvalue weighted by Crippen LogP contribution is 2.32. The molecule has 2 aromatic carbocycles. The molecule has 29 heavy (non-hydrogen) atoms. The van der Waals surface area contributed by atoms with Crippen molar-refractivity contribution in [3.8, 4) is 0 Å². The van der Waals surface area contributed by atoms with Gasteiger partial charge in [-0.25, -0.2) is 9.18 Å². The Morgan fingerprint density at radius 2 is 1.76 bits per heavy atom. The summed E-state index contributed by atoms with van der Waals surface area (Å²) in [6.07, 6.45) is 1.80. The van der Waals surface area contributed by atoms with E-state index < -0.39 is 23.0 Å². The van der Waals surface area contributed by atoms with Crippen molar-refractivity contribution >= 4 is 35.1 Å². The number of imide groups is 1. The lowest BCUT2D eigenvalue weighted by Gasteiger charge is -2.24. The second kappa shape index (κ2) is 7.26. The second-order valence-corrected chi connectivity index (χ2v) is 9.20. The van der Waals surface area contributed by atoms with Crippen LogP contribution in [-0.2, 0) is 16.8 Å². The molecule has 1 unspecified atom stereocenters. The third-order valence-corrected chi connectivity index (χ3v) is 6.16. The van der Waals surface area contributed by atoms with Crippen molar-refractivity contribution in [3.63, 3.8) is 0 Å². The zero-order chi connectivity index (χ0) is 20.8. The standard InChI is InChI=1S/C23H22FN2O2S/c1-23(2,3)16-10-8-15(9-11-16)14-25-19-12-13-29-20(19)21(27)26(22(25)28)18-7-5-4-6-17(18)24/h4-13,20H,14H2,1-3H3/q+1. The molecule has 6 heteroatoms. The van der Waals surface area contributed by atoms with Crippen LogP contribution in [-0.4, -0.2) is 27.5 Å². The Balaban J connectivity index is 1.72. The molecule has 0 fully saturated rings. The Hall–Kier alpha value is -2.73. The summed E-state index contributed by atoms with van der Waals surface area (Å²) in [6, 6.07) is 13.5. The average Bonchev–Trinajstić information content (AvgIpc) is 3.16. The number of para-hydroxylation sites is 1. The summed E-state index contributed by atoms with van der Waals surface area (Å²) >= 11 is 1.34. The van der Waals surface area contributed by atoms with E-state index in [0.717, 1.165) is 10.5 Å². The molecular weight excluding hydrogens is 387 g/mol. The highest BCUT2D eigenvalue weighted by atomic mass is 32.2. The lowest BCUT2D eigenvalue weighted by atomic mass is 9.87. The van der Waals surface area contributed by atoms with Crippen LogP contribution in [0.4, 0.5) is 14.9 Å². The van der Waals surface area contributed by atoms with Gasteiger partial charge in [0.2, 0.25) is 0 Å². The van der Waals surface area contributed by atoms with Crippen LogP contribution in [0.3, 0.4) is 0 Å². The topological polar surface area (TPSA) is 40.4 Å². The van der Waals surface area contributed by atoms with E-state index in [2.05, 4.69) is 32.9 Å². The lowest BCUT2D eigenvalue weighted by Crippen LogP contribution is -2.55. The highest BCUT2D eigenvalue weighted by molar-refractivity contribution is 8.04. The van der Waals surface area contributed by atoms with Gasteiger partial charge >= 0.3 is 11.9 Å². The van der Waals surface area contributed by atoms with E-state index in [4.69, 9.17) is 0 Å². The molecule has 2 aromatic rings. The Kier molecular flexibility index (Phi) is 4.90. The van der Waals surface area contributed by atoms with Crippen molar-refractivity contribution in [1.82, 2.24) is 0 Å². The summed E-state index contributed by atoms with van der Waals surface area (Å²) in [5.74, 6) is -1.01. The first-order chi connectivity index (χ1) is 13.8. The zero-order valence-corrected chi connectivity index (χ0v) is 17.4. The number of thioether (sulfide) groups is 1. The van der Waals surface area contributed by atoms with Crippen LogP contribution in [0.1, 0.15) is 31.9 Å². The van der Waals surface area contributed by atoms with Gasteiger partial charge in [0.05, 0.1) is 0 Å². The molecule has 0 aliphatic carbocycles. The Labute approximate surface area is 173 Å². The van der Waals surface area contributed by atoms with Crippen LogP contribution in [0.5, 0.6) is 0 Å². The Morgan fingerprint density at radius 1 is 1.07 bits per heavy atom. The average molecular weight is 410 g/mol. The van der Waals surface area contributed by atoms with E-state index >= 15 is 0 Å². The van der Waals surface area contributed by atoms with Crippen LogP contribution >= 0.6 is 11.8 Å². The molecule has 1 atom stereocenters. The van der Waals surface area contributed by atoms with E-state index in [9.17, 15) is 14.0 Å². The van der Waals surface area contributed by atoms with Crippen LogP contribution in [0, 0.1) is 5.82 Å². The monoisotopic (exact) mass is 409 g/mol. The number of hydrogen-bond acceptors (Lipinski definition) is 3. The third kappa shape index (κ3) is 3.53. The zero-order valence-electron chi connectivity index (χ0n) is 16.6. The summed E-state index contributed by atoms with van der Waals surface area (Å²) in [4.78, 5) is 27.2. The minimum atomic E-state index is -0.594. The summed E-state index contributed by atoms with van der Waals surface area (Å²) in [5.41, 5.74) is 2.83. The molecular formula is C23H22FN2O2S+. The molecule has 0 radical (unpaired) electrons. The number of urea groups is 1. The number of rotatable bonds is 3.